The predicted octanol–water partition coefficient (Wildman–Crippen LogP) is 10.1. The van der Waals surface area contributed by atoms with E-state index in [1.165, 1.54) is 77.0 Å². The Labute approximate surface area is 227 Å². The molecule has 6 heteroatoms. The number of rotatable bonds is 20. The Morgan fingerprint density at radius 3 is 1.16 bits per heavy atom. The third-order valence-corrected chi connectivity index (χ3v) is 7.05. The van der Waals surface area contributed by atoms with Crippen LogP contribution >= 0.6 is 0 Å². The molecule has 3 aromatic rings. The van der Waals surface area contributed by atoms with Crippen molar-refractivity contribution in [2.75, 3.05) is 13.2 Å². The number of unbranched alkanes of at least 4 members (excludes halogenated alkanes) is 14. The summed E-state index contributed by atoms with van der Waals surface area (Å²) in [5.41, 5.74) is 1.79. The summed E-state index contributed by atoms with van der Waals surface area (Å²) in [5, 5.41) is 0. The largest absolute Gasteiger partial charge is 0.490 e. The fourth-order valence-corrected chi connectivity index (χ4v) is 4.74. The molecule has 4 nitrogen and oxygen atoms in total. The highest BCUT2D eigenvalue weighted by atomic mass is 19.2. The first kappa shape index (κ1) is 30.0. The number of halogens is 2. The van der Waals surface area contributed by atoms with Crippen molar-refractivity contribution in [3.63, 3.8) is 0 Å². The van der Waals surface area contributed by atoms with Crippen LogP contribution in [0.2, 0.25) is 0 Å². The molecule has 0 saturated heterocycles. The van der Waals surface area contributed by atoms with Crippen molar-refractivity contribution in [1.29, 1.82) is 0 Å². The molecule has 0 saturated carbocycles. The molecular weight excluding hydrogens is 482 g/mol. The van der Waals surface area contributed by atoms with Crippen molar-refractivity contribution in [3.05, 3.63) is 35.9 Å². The molecule has 0 N–H and O–H groups in total. The molecule has 3 rings (SSSR count). The molecule has 0 aliphatic carbocycles. The highest BCUT2D eigenvalue weighted by Crippen LogP contribution is 2.33. The van der Waals surface area contributed by atoms with Gasteiger partial charge in [-0.3, -0.25) is 0 Å². The summed E-state index contributed by atoms with van der Waals surface area (Å²) in [7, 11) is 0. The van der Waals surface area contributed by atoms with Crippen molar-refractivity contribution in [2.45, 2.75) is 117 Å². The van der Waals surface area contributed by atoms with E-state index in [4.69, 9.17) is 9.47 Å². The van der Waals surface area contributed by atoms with Crippen molar-refractivity contribution >= 4 is 22.1 Å². The second-order valence-electron chi connectivity index (χ2n) is 10.4. The van der Waals surface area contributed by atoms with Crippen LogP contribution in [0.3, 0.4) is 0 Å². The molecule has 0 fully saturated rings. The van der Waals surface area contributed by atoms with E-state index >= 15 is 0 Å². The maximum Gasteiger partial charge on any atom is 0.163 e. The topological polar surface area (TPSA) is 44.2 Å². The third kappa shape index (κ3) is 9.99. The van der Waals surface area contributed by atoms with Crippen LogP contribution in [0.1, 0.15) is 117 Å². The highest BCUT2D eigenvalue weighted by molar-refractivity contribution is 5.88. The fraction of sp³-hybridized carbons (Fsp3) is 0.625. The van der Waals surface area contributed by atoms with Gasteiger partial charge in [-0.15, -0.1) is 0 Å². The van der Waals surface area contributed by atoms with E-state index in [2.05, 4.69) is 23.8 Å². The molecule has 0 bridgehead atoms. The molecule has 38 heavy (non-hydrogen) atoms. The van der Waals surface area contributed by atoms with Gasteiger partial charge < -0.3 is 9.47 Å². The Morgan fingerprint density at radius 2 is 0.789 bits per heavy atom. The number of fused-ring (bicyclic) bond motifs is 2. The number of aromatic nitrogens is 2. The van der Waals surface area contributed by atoms with Gasteiger partial charge >= 0.3 is 0 Å². The summed E-state index contributed by atoms with van der Waals surface area (Å²) in [6.07, 6.45) is 19.8. The molecule has 0 amide bonds. The van der Waals surface area contributed by atoms with Crippen LogP contribution in [0, 0.1) is 11.6 Å². The van der Waals surface area contributed by atoms with E-state index in [0.717, 1.165) is 37.8 Å². The van der Waals surface area contributed by atoms with Crippen LogP contribution in [0.4, 0.5) is 8.78 Å². The number of benzene rings is 2. The van der Waals surface area contributed by atoms with E-state index in [0.29, 0.717) is 46.8 Å². The van der Waals surface area contributed by atoms with Crippen LogP contribution in [0.5, 0.6) is 11.5 Å². The summed E-state index contributed by atoms with van der Waals surface area (Å²) >= 11 is 0. The third-order valence-electron chi connectivity index (χ3n) is 7.05. The number of nitrogens with zero attached hydrogens (tertiary/aromatic N) is 2. The summed E-state index contributed by atoms with van der Waals surface area (Å²) in [6.45, 7) is 5.69. The van der Waals surface area contributed by atoms with Crippen LogP contribution in [-0.4, -0.2) is 23.2 Å². The van der Waals surface area contributed by atoms with Gasteiger partial charge in [0.15, 0.2) is 23.1 Å². The Bertz CT molecular complexity index is 1020. The summed E-state index contributed by atoms with van der Waals surface area (Å²) in [6, 6.07) is 5.81. The Morgan fingerprint density at radius 1 is 0.474 bits per heavy atom. The predicted molar refractivity (Wildman–Crippen MR) is 153 cm³/mol. The second kappa shape index (κ2) is 17.2. The number of ether oxygens (including phenoxy) is 2. The lowest BCUT2D eigenvalue weighted by atomic mass is 10.1. The summed E-state index contributed by atoms with van der Waals surface area (Å²) in [5.74, 6) is -0.585. The zero-order chi connectivity index (χ0) is 27.0. The van der Waals surface area contributed by atoms with Gasteiger partial charge in [0.1, 0.15) is 0 Å². The standard InChI is InChI=1S/C32H46F2N2O2/c1-3-5-7-9-11-13-15-17-19-37-31-23-29-30(36-28-22-26(34)25(33)21-27(28)35-29)24-32(31)38-20-18-16-14-12-10-8-6-4-2/h21-24H,3-20H2,1-2H3. The lowest BCUT2D eigenvalue weighted by molar-refractivity contribution is 0.259. The van der Waals surface area contributed by atoms with Crippen LogP contribution in [0.15, 0.2) is 24.3 Å². The summed E-state index contributed by atoms with van der Waals surface area (Å²) in [4.78, 5) is 9.04. The van der Waals surface area contributed by atoms with E-state index in [9.17, 15) is 8.78 Å². The monoisotopic (exact) mass is 528 g/mol. The van der Waals surface area contributed by atoms with Crippen LogP contribution in [0.25, 0.3) is 22.1 Å². The molecule has 2 aromatic carbocycles. The van der Waals surface area contributed by atoms with Gasteiger partial charge in [0, 0.05) is 24.3 Å². The average Bonchev–Trinajstić information content (AvgIpc) is 2.91. The lowest BCUT2D eigenvalue weighted by Crippen LogP contribution is -2.04. The fourth-order valence-electron chi connectivity index (χ4n) is 4.74. The molecule has 0 aliphatic heterocycles. The van der Waals surface area contributed by atoms with Crippen molar-refractivity contribution in [2.24, 2.45) is 0 Å². The molecule has 210 valence electrons. The quantitative estimate of drug-likeness (QED) is 0.108. The minimum atomic E-state index is -0.928. The van der Waals surface area contributed by atoms with Gasteiger partial charge in [-0.05, 0) is 12.8 Å². The van der Waals surface area contributed by atoms with Gasteiger partial charge in [0.2, 0.25) is 0 Å². The minimum absolute atomic E-state index is 0.318. The maximum atomic E-state index is 13.8. The zero-order valence-corrected chi connectivity index (χ0v) is 23.5. The SMILES string of the molecule is CCCCCCCCCCOc1cc2nc3cc(F)c(F)cc3nc2cc1OCCCCCCCCCC. The van der Waals surface area contributed by atoms with Crippen molar-refractivity contribution in [3.8, 4) is 11.5 Å². The molecule has 1 aromatic heterocycles. The Hall–Kier alpha value is -2.50. The van der Waals surface area contributed by atoms with Crippen molar-refractivity contribution < 1.29 is 18.3 Å². The van der Waals surface area contributed by atoms with Gasteiger partial charge in [-0.25, -0.2) is 18.7 Å². The number of hydrogen-bond donors (Lipinski definition) is 0. The van der Waals surface area contributed by atoms with E-state index < -0.39 is 11.6 Å². The molecule has 0 aliphatic rings. The molecule has 0 atom stereocenters. The lowest BCUT2D eigenvalue weighted by Gasteiger charge is -2.14. The van der Waals surface area contributed by atoms with E-state index in [1.807, 2.05) is 12.1 Å². The van der Waals surface area contributed by atoms with Crippen molar-refractivity contribution in [1.82, 2.24) is 9.97 Å². The van der Waals surface area contributed by atoms with Gasteiger partial charge in [0.05, 0.1) is 35.3 Å². The zero-order valence-electron chi connectivity index (χ0n) is 23.5. The first-order valence-electron chi connectivity index (χ1n) is 15.0. The second-order valence-corrected chi connectivity index (χ2v) is 10.4. The minimum Gasteiger partial charge on any atom is -0.490 e. The van der Waals surface area contributed by atoms with Crippen LogP contribution < -0.4 is 9.47 Å². The van der Waals surface area contributed by atoms with E-state index in [1.54, 1.807) is 0 Å². The summed E-state index contributed by atoms with van der Waals surface area (Å²) < 4.78 is 39.8. The van der Waals surface area contributed by atoms with E-state index in [-0.39, 0.29) is 0 Å². The first-order valence-corrected chi connectivity index (χ1v) is 15.0. The molecule has 1 heterocycles. The number of hydrogen-bond acceptors (Lipinski definition) is 4. The molecule has 0 radical (unpaired) electrons. The van der Waals surface area contributed by atoms with Crippen LogP contribution in [-0.2, 0) is 0 Å². The van der Waals surface area contributed by atoms with Gasteiger partial charge in [0.25, 0.3) is 0 Å². The Kier molecular flexibility index (Phi) is 13.6. The molecule has 0 unspecified atom stereocenters. The molecule has 0 spiro atoms. The van der Waals surface area contributed by atoms with Gasteiger partial charge in [-0.2, -0.15) is 0 Å². The highest BCUT2D eigenvalue weighted by Gasteiger charge is 2.13. The average molecular weight is 529 g/mol. The smallest absolute Gasteiger partial charge is 0.163 e. The maximum absolute atomic E-state index is 13.8. The Balaban J connectivity index is 1.60. The van der Waals surface area contributed by atoms with Gasteiger partial charge in [-0.1, -0.05) is 104 Å². The normalized spacial score (nSPS) is 11.5. The molecular formula is C32H46F2N2O2. The first-order chi connectivity index (χ1) is 18.6.